The molecule has 0 heterocycles. The van der Waals surface area contributed by atoms with Crippen molar-refractivity contribution in [1.29, 1.82) is 0 Å². The second kappa shape index (κ2) is 5.02. The molecule has 1 rings (SSSR count). The Kier molecular flexibility index (Phi) is 4.57. The Morgan fingerprint density at radius 2 is 2.00 bits per heavy atom. The molecular formula is C9H11ClI2O. The van der Waals surface area contributed by atoms with Crippen molar-refractivity contribution in [3.8, 4) is 5.75 Å². The number of hydrogen-bond acceptors (Lipinski definition) is 1. The summed E-state index contributed by atoms with van der Waals surface area (Å²) in [6, 6.07) is 4.22. The molecule has 0 saturated carbocycles. The fraction of sp³-hybridized carbons (Fsp3) is 0.333. The molecule has 74 valence electrons. The van der Waals surface area contributed by atoms with Crippen LogP contribution in [0.4, 0.5) is 0 Å². The third kappa shape index (κ3) is 2.86. The summed E-state index contributed by atoms with van der Waals surface area (Å²) >= 11 is 0.497. The van der Waals surface area contributed by atoms with Gasteiger partial charge in [0, 0.05) is 0 Å². The summed E-state index contributed by atoms with van der Waals surface area (Å²) in [6.45, 7) is 4.14. The van der Waals surface area contributed by atoms with Gasteiger partial charge in [-0.3, -0.25) is 0 Å². The van der Waals surface area contributed by atoms with Crippen LogP contribution in [0.2, 0.25) is 0 Å². The van der Waals surface area contributed by atoms with Crippen molar-refractivity contribution in [2.45, 2.75) is 13.8 Å². The van der Waals surface area contributed by atoms with Gasteiger partial charge in [-0.25, -0.2) is 0 Å². The molecule has 13 heavy (non-hydrogen) atoms. The first-order chi connectivity index (χ1) is 6.06. The van der Waals surface area contributed by atoms with Crippen LogP contribution in [0, 0.1) is 17.4 Å². The molecule has 1 aromatic carbocycles. The van der Waals surface area contributed by atoms with E-state index in [4.69, 9.17) is 12.0 Å². The fourth-order valence-corrected chi connectivity index (χ4v) is 4.89. The van der Waals surface area contributed by atoms with Crippen LogP contribution in [-0.4, -0.2) is 4.93 Å². The van der Waals surface area contributed by atoms with Crippen LogP contribution >= 0.6 is 50.6 Å². The predicted octanol–water partition coefficient (Wildman–Crippen LogP) is 4.49. The van der Waals surface area contributed by atoms with Gasteiger partial charge >= 0.3 is 105 Å². The summed E-state index contributed by atoms with van der Waals surface area (Å²) in [6.07, 6.45) is 0. The maximum atomic E-state index is 6.21. The third-order valence-electron chi connectivity index (χ3n) is 1.80. The number of aryl methyl sites for hydroxylation is 1. The Morgan fingerprint density at radius 3 is 2.46 bits per heavy atom. The Morgan fingerprint density at radius 1 is 1.38 bits per heavy atom. The minimum atomic E-state index is -1.41. The monoisotopic (exact) mass is 424 g/mol. The van der Waals surface area contributed by atoms with Gasteiger partial charge in [0.2, 0.25) is 0 Å². The second-order valence-corrected chi connectivity index (χ2v) is 9.63. The summed E-state index contributed by atoms with van der Waals surface area (Å²) in [5.74, 6) is 0.945. The van der Waals surface area contributed by atoms with Gasteiger partial charge < -0.3 is 0 Å². The van der Waals surface area contributed by atoms with Gasteiger partial charge in [-0.05, 0) is 0 Å². The molecule has 0 radical (unpaired) electrons. The van der Waals surface area contributed by atoms with Crippen molar-refractivity contribution < 1.29 is 3.07 Å². The van der Waals surface area contributed by atoms with Crippen molar-refractivity contribution >= 4 is 50.6 Å². The Balaban J connectivity index is 3.27. The topological polar surface area (TPSA) is 9.23 Å². The minimum absolute atomic E-state index is 0.945. The fourth-order valence-electron chi connectivity index (χ4n) is 1.13. The molecule has 0 unspecified atom stereocenters. The van der Waals surface area contributed by atoms with E-state index >= 15 is 0 Å². The van der Waals surface area contributed by atoms with Crippen LogP contribution in [0.25, 0.3) is 0 Å². The number of rotatable bonds is 2. The van der Waals surface area contributed by atoms with Gasteiger partial charge in [-0.2, -0.15) is 0 Å². The standard InChI is InChI=1S/C9H11ClI2O/c1-6-4-8(12(3)10)7(2)9(5-6)13-11/h4-5H,1-3H3. The molecule has 0 bridgehead atoms. The van der Waals surface area contributed by atoms with E-state index in [1.807, 2.05) is 29.1 Å². The van der Waals surface area contributed by atoms with Gasteiger partial charge in [0.1, 0.15) is 0 Å². The van der Waals surface area contributed by atoms with Crippen molar-refractivity contribution in [3.05, 3.63) is 26.8 Å². The van der Waals surface area contributed by atoms with Crippen molar-refractivity contribution in [1.82, 2.24) is 0 Å². The average Bonchev–Trinajstić information content (AvgIpc) is 2.08. The van der Waals surface area contributed by atoms with Crippen LogP contribution in [0.1, 0.15) is 11.1 Å². The first kappa shape index (κ1) is 11.8. The SMILES string of the molecule is Cc1cc(OI)c(C)c(I(C)Cl)c1. The molecule has 0 amide bonds. The van der Waals surface area contributed by atoms with Crippen LogP contribution < -0.4 is 3.07 Å². The van der Waals surface area contributed by atoms with Crippen molar-refractivity contribution in [3.63, 3.8) is 0 Å². The zero-order valence-corrected chi connectivity index (χ0v) is 12.8. The van der Waals surface area contributed by atoms with Gasteiger partial charge in [-0.15, -0.1) is 0 Å². The molecule has 0 atom stereocenters. The molecule has 0 N–H and O–H groups in total. The van der Waals surface area contributed by atoms with E-state index in [0.717, 1.165) is 5.75 Å². The van der Waals surface area contributed by atoms with Gasteiger partial charge in [0.15, 0.2) is 0 Å². The average molecular weight is 424 g/mol. The molecule has 0 aliphatic carbocycles. The molecule has 0 aliphatic rings. The Labute approximate surface area is 104 Å². The zero-order valence-electron chi connectivity index (χ0n) is 7.70. The molecule has 0 spiro atoms. The number of alkyl halides is 1. The molecule has 1 aromatic rings. The first-order valence-corrected chi connectivity index (χ1v) is 10.6. The zero-order chi connectivity index (χ0) is 10.0. The van der Waals surface area contributed by atoms with Crippen molar-refractivity contribution in [2.75, 3.05) is 4.93 Å². The normalized spacial score (nSPS) is 11.3. The number of halogens is 3. The third-order valence-corrected chi connectivity index (χ3v) is 6.03. The van der Waals surface area contributed by atoms with E-state index in [1.165, 1.54) is 14.7 Å². The van der Waals surface area contributed by atoms with Crippen LogP contribution in [0.5, 0.6) is 5.75 Å². The second-order valence-electron chi connectivity index (χ2n) is 2.85. The predicted molar refractivity (Wildman–Crippen MR) is 75.1 cm³/mol. The van der Waals surface area contributed by atoms with E-state index in [-0.39, 0.29) is 0 Å². The number of benzene rings is 1. The van der Waals surface area contributed by atoms with Gasteiger partial charge in [0.05, 0.1) is 0 Å². The van der Waals surface area contributed by atoms with Gasteiger partial charge in [-0.1, -0.05) is 0 Å². The van der Waals surface area contributed by atoms with E-state index in [1.54, 1.807) is 0 Å². The van der Waals surface area contributed by atoms with Gasteiger partial charge in [0.25, 0.3) is 0 Å². The first-order valence-electron chi connectivity index (χ1n) is 3.72. The molecule has 1 nitrogen and oxygen atoms in total. The Hall–Kier alpha value is 0.770. The number of hydrogen-bond donors (Lipinski definition) is 0. The quantitative estimate of drug-likeness (QED) is 0.502. The van der Waals surface area contributed by atoms with E-state index in [9.17, 15) is 0 Å². The van der Waals surface area contributed by atoms with Crippen LogP contribution in [0.15, 0.2) is 12.1 Å². The van der Waals surface area contributed by atoms with Crippen molar-refractivity contribution in [2.24, 2.45) is 0 Å². The van der Waals surface area contributed by atoms with E-state index in [0.29, 0.717) is 0 Å². The molecular weight excluding hydrogens is 413 g/mol. The summed E-state index contributed by atoms with van der Waals surface area (Å²) in [4.78, 5) is 2.13. The van der Waals surface area contributed by atoms with Crippen LogP contribution in [0.3, 0.4) is 0 Å². The van der Waals surface area contributed by atoms with Crippen LogP contribution in [-0.2, 0) is 0 Å². The van der Waals surface area contributed by atoms with E-state index < -0.39 is 18.7 Å². The molecule has 0 aliphatic heterocycles. The molecule has 0 saturated heterocycles. The molecule has 4 heteroatoms. The molecule has 0 fully saturated rings. The summed E-state index contributed by atoms with van der Waals surface area (Å²) in [5, 5.41) is 0. The van der Waals surface area contributed by atoms with E-state index in [2.05, 4.69) is 24.8 Å². The Bertz CT molecular complexity index is 313. The molecule has 0 aromatic heterocycles. The maximum absolute atomic E-state index is 6.21. The summed E-state index contributed by atoms with van der Waals surface area (Å²) < 4.78 is 6.56. The summed E-state index contributed by atoms with van der Waals surface area (Å²) in [5.41, 5.74) is 2.42. The summed E-state index contributed by atoms with van der Waals surface area (Å²) in [7, 11) is 6.21.